The van der Waals surface area contributed by atoms with Gasteiger partial charge in [-0.05, 0) is 60.2 Å². The summed E-state index contributed by atoms with van der Waals surface area (Å²) in [7, 11) is 1.61. The van der Waals surface area contributed by atoms with Crippen molar-refractivity contribution in [1.82, 2.24) is 0 Å². The van der Waals surface area contributed by atoms with E-state index in [2.05, 4.69) is 0 Å². The lowest BCUT2D eigenvalue weighted by Gasteiger charge is -2.12. The second kappa shape index (κ2) is 9.45. The van der Waals surface area contributed by atoms with E-state index in [-0.39, 0.29) is 5.78 Å². The molecule has 5 heteroatoms. The van der Waals surface area contributed by atoms with Crippen molar-refractivity contribution in [2.24, 2.45) is 0 Å². The number of rotatable bonds is 7. The van der Waals surface area contributed by atoms with E-state index in [1.807, 2.05) is 36.4 Å². The van der Waals surface area contributed by atoms with Crippen molar-refractivity contribution in [1.29, 1.82) is 0 Å². The molecule has 0 fully saturated rings. The van der Waals surface area contributed by atoms with Gasteiger partial charge in [0.2, 0.25) is 0 Å². The van der Waals surface area contributed by atoms with Gasteiger partial charge in [-0.3, -0.25) is 4.79 Å². The van der Waals surface area contributed by atoms with Crippen LogP contribution in [0.1, 0.15) is 21.5 Å². The fraction of sp³-hybridized carbons (Fsp3) is 0.0870. The molecule has 142 valence electrons. The van der Waals surface area contributed by atoms with Crippen LogP contribution in [0, 0.1) is 0 Å². The van der Waals surface area contributed by atoms with Crippen molar-refractivity contribution in [3.8, 4) is 11.5 Å². The van der Waals surface area contributed by atoms with E-state index in [1.54, 1.807) is 43.5 Å². The Bertz CT molecular complexity index is 995. The summed E-state index contributed by atoms with van der Waals surface area (Å²) in [6.07, 6.45) is 3.29. The topological polar surface area (TPSA) is 35.5 Å². The summed E-state index contributed by atoms with van der Waals surface area (Å²) in [5.41, 5.74) is 2.29. The predicted octanol–water partition coefficient (Wildman–Crippen LogP) is 6.48. The smallest absolute Gasteiger partial charge is 0.185 e. The Morgan fingerprint density at radius 3 is 2.43 bits per heavy atom. The number of ether oxygens (including phenoxy) is 2. The molecular weight excluding hydrogens is 395 g/mol. The maximum absolute atomic E-state index is 12.3. The van der Waals surface area contributed by atoms with Gasteiger partial charge >= 0.3 is 0 Å². The number of hydrogen-bond acceptors (Lipinski definition) is 3. The minimum absolute atomic E-state index is 0.0960. The number of para-hydroxylation sites is 1. The fourth-order valence-corrected chi connectivity index (χ4v) is 2.93. The third kappa shape index (κ3) is 5.16. The highest BCUT2D eigenvalue weighted by molar-refractivity contribution is 6.32. The van der Waals surface area contributed by atoms with Crippen molar-refractivity contribution in [3.05, 3.63) is 99.5 Å². The normalized spacial score (nSPS) is 10.8. The zero-order valence-corrected chi connectivity index (χ0v) is 16.7. The lowest BCUT2D eigenvalue weighted by Crippen LogP contribution is -2.00. The summed E-state index contributed by atoms with van der Waals surface area (Å²) in [4.78, 5) is 12.3. The van der Waals surface area contributed by atoms with Gasteiger partial charge in [-0.2, -0.15) is 0 Å². The van der Waals surface area contributed by atoms with Gasteiger partial charge in [-0.15, -0.1) is 0 Å². The van der Waals surface area contributed by atoms with Gasteiger partial charge in [0.1, 0.15) is 18.1 Å². The lowest BCUT2D eigenvalue weighted by atomic mass is 10.1. The summed E-state index contributed by atoms with van der Waals surface area (Å²) in [5.74, 6) is 1.21. The van der Waals surface area contributed by atoms with Crippen molar-refractivity contribution < 1.29 is 14.3 Å². The second-order valence-electron chi connectivity index (χ2n) is 5.99. The molecule has 3 aromatic carbocycles. The highest BCUT2D eigenvalue weighted by Gasteiger charge is 2.07. The Morgan fingerprint density at radius 2 is 1.71 bits per heavy atom. The first-order chi connectivity index (χ1) is 13.6. The van der Waals surface area contributed by atoms with Crippen molar-refractivity contribution in [3.63, 3.8) is 0 Å². The second-order valence-corrected chi connectivity index (χ2v) is 6.84. The SMILES string of the molecule is COc1ccc(/C=C/C(=O)c2ccc(Cl)cc2)cc1COc1ccccc1Cl. The molecule has 0 radical (unpaired) electrons. The average Bonchev–Trinajstić information content (AvgIpc) is 2.72. The molecule has 0 aliphatic rings. The molecule has 3 rings (SSSR count). The van der Waals surface area contributed by atoms with Crippen molar-refractivity contribution in [2.45, 2.75) is 6.61 Å². The molecular formula is C23H18Cl2O3. The van der Waals surface area contributed by atoms with Crippen LogP contribution < -0.4 is 9.47 Å². The van der Waals surface area contributed by atoms with Crippen LogP contribution in [-0.4, -0.2) is 12.9 Å². The summed E-state index contributed by atoms with van der Waals surface area (Å²) in [6.45, 7) is 0.291. The van der Waals surface area contributed by atoms with E-state index < -0.39 is 0 Å². The standard InChI is InChI=1S/C23H18Cl2O3/c1-27-22-13-7-16(6-12-21(26)17-8-10-19(24)11-9-17)14-18(22)15-28-23-5-3-2-4-20(23)25/h2-14H,15H2,1H3/b12-6+. The molecule has 0 amide bonds. The summed E-state index contributed by atoms with van der Waals surface area (Å²) in [6, 6.07) is 19.7. The number of carbonyl (C=O) groups excluding carboxylic acids is 1. The van der Waals surface area contributed by atoms with E-state index in [0.717, 1.165) is 11.1 Å². The molecule has 0 bridgehead atoms. The number of carbonyl (C=O) groups is 1. The Morgan fingerprint density at radius 1 is 0.964 bits per heavy atom. The largest absolute Gasteiger partial charge is 0.496 e. The lowest BCUT2D eigenvalue weighted by molar-refractivity contribution is 0.104. The Hall–Kier alpha value is -2.75. The highest BCUT2D eigenvalue weighted by Crippen LogP contribution is 2.27. The zero-order valence-electron chi connectivity index (χ0n) is 15.2. The van der Waals surface area contributed by atoms with E-state index in [4.69, 9.17) is 32.7 Å². The molecule has 0 unspecified atom stereocenters. The average molecular weight is 413 g/mol. The maximum atomic E-state index is 12.3. The van der Waals surface area contributed by atoms with Crippen LogP contribution in [0.15, 0.2) is 72.8 Å². The minimum Gasteiger partial charge on any atom is -0.496 e. The number of benzene rings is 3. The molecule has 0 atom stereocenters. The van der Waals surface area contributed by atoms with Crippen LogP contribution in [0.25, 0.3) is 6.08 Å². The van der Waals surface area contributed by atoms with Crippen LogP contribution in [0.5, 0.6) is 11.5 Å². The van der Waals surface area contributed by atoms with Gasteiger partial charge in [-0.25, -0.2) is 0 Å². The Kier molecular flexibility index (Phi) is 6.75. The first-order valence-corrected chi connectivity index (χ1v) is 9.34. The molecule has 0 aliphatic carbocycles. The molecule has 0 saturated carbocycles. The van der Waals surface area contributed by atoms with Gasteiger partial charge < -0.3 is 9.47 Å². The van der Waals surface area contributed by atoms with Crippen LogP contribution >= 0.6 is 23.2 Å². The van der Waals surface area contributed by atoms with Gasteiger partial charge in [0.15, 0.2) is 5.78 Å². The van der Waals surface area contributed by atoms with E-state index in [1.165, 1.54) is 6.08 Å². The van der Waals surface area contributed by atoms with Crippen LogP contribution in [0.2, 0.25) is 10.0 Å². The van der Waals surface area contributed by atoms with Crippen molar-refractivity contribution in [2.75, 3.05) is 7.11 Å². The van der Waals surface area contributed by atoms with Gasteiger partial charge in [-0.1, -0.05) is 47.5 Å². The van der Waals surface area contributed by atoms with Gasteiger partial charge in [0, 0.05) is 16.1 Å². The van der Waals surface area contributed by atoms with Crippen LogP contribution in [-0.2, 0) is 6.61 Å². The molecule has 0 aliphatic heterocycles. The van der Waals surface area contributed by atoms with E-state index in [9.17, 15) is 4.79 Å². The third-order valence-corrected chi connectivity index (χ3v) is 4.64. The van der Waals surface area contributed by atoms with Gasteiger partial charge in [0.05, 0.1) is 12.1 Å². The molecule has 3 aromatic rings. The minimum atomic E-state index is -0.0960. The maximum Gasteiger partial charge on any atom is 0.185 e. The van der Waals surface area contributed by atoms with Crippen LogP contribution in [0.4, 0.5) is 0 Å². The zero-order chi connectivity index (χ0) is 19.9. The van der Waals surface area contributed by atoms with Crippen molar-refractivity contribution >= 4 is 35.1 Å². The van der Waals surface area contributed by atoms with Gasteiger partial charge in [0.25, 0.3) is 0 Å². The molecule has 0 saturated heterocycles. The van der Waals surface area contributed by atoms with E-state index >= 15 is 0 Å². The third-order valence-electron chi connectivity index (χ3n) is 4.08. The first kappa shape index (κ1) is 20.0. The Labute approximate surface area is 174 Å². The Balaban J connectivity index is 1.75. The highest BCUT2D eigenvalue weighted by atomic mass is 35.5. The molecule has 28 heavy (non-hydrogen) atoms. The van der Waals surface area contributed by atoms with Crippen LogP contribution in [0.3, 0.4) is 0 Å². The quantitative estimate of drug-likeness (QED) is 0.329. The fourth-order valence-electron chi connectivity index (χ4n) is 2.61. The first-order valence-electron chi connectivity index (χ1n) is 8.59. The molecule has 0 heterocycles. The molecule has 3 nitrogen and oxygen atoms in total. The number of ketones is 1. The summed E-state index contributed by atoms with van der Waals surface area (Å²) >= 11 is 12.0. The molecule has 0 N–H and O–H groups in total. The monoisotopic (exact) mass is 412 g/mol. The number of hydrogen-bond donors (Lipinski definition) is 0. The number of methoxy groups -OCH3 is 1. The van der Waals surface area contributed by atoms with E-state index in [0.29, 0.717) is 33.7 Å². The summed E-state index contributed by atoms with van der Waals surface area (Å²) in [5, 5.41) is 1.14. The number of halogens is 2. The predicted molar refractivity (Wildman–Crippen MR) is 114 cm³/mol. The molecule has 0 spiro atoms. The molecule has 0 aromatic heterocycles. The summed E-state index contributed by atoms with van der Waals surface area (Å²) < 4.78 is 11.2. The number of allylic oxidation sites excluding steroid dienone is 1.